The maximum absolute atomic E-state index is 12.3. The largest absolute Gasteiger partial charge is 0.507 e. The molecule has 0 aliphatic rings. The third-order valence-corrected chi connectivity index (χ3v) is 3.01. The first-order chi connectivity index (χ1) is 9.72. The van der Waals surface area contributed by atoms with Crippen molar-refractivity contribution >= 4 is 5.65 Å². The molecule has 3 aromatic rings. The van der Waals surface area contributed by atoms with Gasteiger partial charge in [0.1, 0.15) is 23.0 Å². The Morgan fingerprint density at radius 3 is 2.65 bits per heavy atom. The molecule has 0 saturated heterocycles. The molecule has 0 spiro atoms. The van der Waals surface area contributed by atoms with Gasteiger partial charge in [-0.05, 0) is 24.3 Å². The van der Waals surface area contributed by atoms with E-state index in [1.54, 1.807) is 42.6 Å². The lowest BCUT2D eigenvalue weighted by molar-refractivity contribution is 0.477. The van der Waals surface area contributed by atoms with E-state index in [4.69, 9.17) is 0 Å². The van der Waals surface area contributed by atoms with E-state index in [0.717, 1.165) is 0 Å². The van der Waals surface area contributed by atoms with Gasteiger partial charge in [-0.2, -0.15) is 5.26 Å². The standard InChI is InChI=1S/C15H9N3O2/c16-9-11-14(10-5-1-2-6-12(10)19)17-13-7-3-4-8-18(13)15(11)20/h1-8,19H. The highest BCUT2D eigenvalue weighted by molar-refractivity contribution is 5.73. The number of hydrogen-bond acceptors (Lipinski definition) is 4. The summed E-state index contributed by atoms with van der Waals surface area (Å²) < 4.78 is 1.31. The third-order valence-electron chi connectivity index (χ3n) is 3.01. The molecular formula is C15H9N3O2. The number of nitrogens with zero attached hydrogens (tertiary/aromatic N) is 3. The summed E-state index contributed by atoms with van der Waals surface area (Å²) in [5, 5.41) is 19.1. The van der Waals surface area contributed by atoms with Crippen molar-refractivity contribution in [2.45, 2.75) is 0 Å². The van der Waals surface area contributed by atoms with Gasteiger partial charge in [-0.3, -0.25) is 9.20 Å². The Hall–Kier alpha value is -3.13. The van der Waals surface area contributed by atoms with Gasteiger partial charge in [-0.1, -0.05) is 18.2 Å². The number of phenols is 1. The zero-order chi connectivity index (χ0) is 14.1. The van der Waals surface area contributed by atoms with Crippen LogP contribution in [0.15, 0.2) is 53.5 Å². The fourth-order valence-corrected chi connectivity index (χ4v) is 2.06. The summed E-state index contributed by atoms with van der Waals surface area (Å²) in [6, 6.07) is 13.5. The van der Waals surface area contributed by atoms with E-state index in [1.807, 2.05) is 6.07 Å². The van der Waals surface area contributed by atoms with E-state index in [-0.39, 0.29) is 17.0 Å². The second-order valence-electron chi connectivity index (χ2n) is 4.20. The van der Waals surface area contributed by atoms with Crippen molar-refractivity contribution in [3.8, 4) is 23.1 Å². The molecule has 0 radical (unpaired) electrons. The van der Waals surface area contributed by atoms with E-state index in [1.165, 1.54) is 10.5 Å². The molecule has 0 unspecified atom stereocenters. The van der Waals surface area contributed by atoms with Crippen molar-refractivity contribution in [1.82, 2.24) is 9.38 Å². The summed E-state index contributed by atoms with van der Waals surface area (Å²) in [6.07, 6.45) is 1.56. The number of nitriles is 1. The van der Waals surface area contributed by atoms with Crippen molar-refractivity contribution in [2.24, 2.45) is 0 Å². The number of benzene rings is 1. The van der Waals surface area contributed by atoms with Crippen molar-refractivity contribution in [2.75, 3.05) is 0 Å². The van der Waals surface area contributed by atoms with Gasteiger partial charge in [-0.25, -0.2) is 4.98 Å². The molecule has 0 aliphatic heterocycles. The van der Waals surface area contributed by atoms with Gasteiger partial charge < -0.3 is 5.11 Å². The molecule has 5 nitrogen and oxygen atoms in total. The fraction of sp³-hybridized carbons (Fsp3) is 0. The minimum absolute atomic E-state index is 0.0174. The molecule has 20 heavy (non-hydrogen) atoms. The van der Waals surface area contributed by atoms with Crippen LogP contribution in [0.3, 0.4) is 0 Å². The molecule has 0 aliphatic carbocycles. The number of aromatic nitrogens is 2. The molecule has 2 aromatic heterocycles. The van der Waals surface area contributed by atoms with Crippen LogP contribution in [-0.2, 0) is 0 Å². The summed E-state index contributed by atoms with van der Waals surface area (Å²) in [6.45, 7) is 0. The maximum Gasteiger partial charge on any atom is 0.276 e. The van der Waals surface area contributed by atoms with Crippen LogP contribution in [0, 0.1) is 11.3 Å². The third kappa shape index (κ3) is 1.71. The number of pyridine rings is 1. The molecule has 0 bridgehead atoms. The predicted molar refractivity (Wildman–Crippen MR) is 73.3 cm³/mol. The van der Waals surface area contributed by atoms with Crippen LogP contribution in [0.25, 0.3) is 16.9 Å². The predicted octanol–water partition coefficient (Wildman–Crippen LogP) is 1.94. The summed E-state index contributed by atoms with van der Waals surface area (Å²) in [4.78, 5) is 16.6. The molecule has 0 amide bonds. The van der Waals surface area contributed by atoms with Crippen molar-refractivity contribution in [3.05, 3.63) is 64.6 Å². The molecule has 3 rings (SSSR count). The van der Waals surface area contributed by atoms with Crippen molar-refractivity contribution in [1.29, 1.82) is 5.26 Å². The Labute approximate surface area is 114 Å². The van der Waals surface area contributed by atoms with E-state index in [9.17, 15) is 15.2 Å². The normalized spacial score (nSPS) is 10.3. The van der Waals surface area contributed by atoms with Crippen LogP contribution in [0.2, 0.25) is 0 Å². The molecule has 1 N–H and O–H groups in total. The van der Waals surface area contributed by atoms with Crippen LogP contribution >= 0.6 is 0 Å². The first-order valence-corrected chi connectivity index (χ1v) is 5.92. The molecule has 0 saturated carbocycles. The van der Waals surface area contributed by atoms with Crippen LogP contribution in [0.4, 0.5) is 0 Å². The summed E-state index contributed by atoms with van der Waals surface area (Å²) in [7, 11) is 0. The van der Waals surface area contributed by atoms with Gasteiger partial charge >= 0.3 is 0 Å². The monoisotopic (exact) mass is 263 g/mol. The first-order valence-electron chi connectivity index (χ1n) is 5.92. The van der Waals surface area contributed by atoms with Crippen molar-refractivity contribution < 1.29 is 5.11 Å². The first kappa shape index (κ1) is 11.9. The number of para-hydroxylation sites is 1. The highest BCUT2D eigenvalue weighted by atomic mass is 16.3. The average Bonchev–Trinajstić information content (AvgIpc) is 2.48. The minimum atomic E-state index is -0.448. The highest BCUT2D eigenvalue weighted by Gasteiger charge is 2.16. The maximum atomic E-state index is 12.3. The van der Waals surface area contributed by atoms with Crippen LogP contribution in [-0.4, -0.2) is 14.5 Å². The Morgan fingerprint density at radius 1 is 1.15 bits per heavy atom. The van der Waals surface area contributed by atoms with Gasteiger partial charge in [0.05, 0.1) is 5.69 Å². The zero-order valence-electron chi connectivity index (χ0n) is 10.3. The van der Waals surface area contributed by atoms with Crippen LogP contribution < -0.4 is 5.56 Å². The molecular weight excluding hydrogens is 254 g/mol. The van der Waals surface area contributed by atoms with Crippen molar-refractivity contribution in [3.63, 3.8) is 0 Å². The van der Waals surface area contributed by atoms with E-state index < -0.39 is 5.56 Å². The Morgan fingerprint density at radius 2 is 1.90 bits per heavy atom. The zero-order valence-corrected chi connectivity index (χ0v) is 10.3. The van der Waals surface area contributed by atoms with Crippen LogP contribution in [0.5, 0.6) is 5.75 Å². The molecule has 1 aromatic carbocycles. The summed E-state index contributed by atoms with van der Waals surface area (Å²) in [5.41, 5.74) is 0.454. The molecule has 96 valence electrons. The second-order valence-corrected chi connectivity index (χ2v) is 4.20. The number of fused-ring (bicyclic) bond motifs is 1. The van der Waals surface area contributed by atoms with Crippen LogP contribution in [0.1, 0.15) is 5.56 Å². The lowest BCUT2D eigenvalue weighted by Crippen LogP contribution is -2.19. The topological polar surface area (TPSA) is 78.4 Å². The van der Waals surface area contributed by atoms with Gasteiger partial charge in [-0.15, -0.1) is 0 Å². The lowest BCUT2D eigenvalue weighted by Gasteiger charge is -2.07. The number of phenolic OH excluding ortho intramolecular Hbond substituents is 1. The number of hydrogen-bond donors (Lipinski definition) is 1. The number of aromatic hydroxyl groups is 1. The summed E-state index contributed by atoms with van der Waals surface area (Å²) in [5.74, 6) is -0.0174. The quantitative estimate of drug-likeness (QED) is 0.727. The Balaban J connectivity index is 2.46. The Kier molecular flexibility index (Phi) is 2.70. The van der Waals surface area contributed by atoms with Gasteiger partial charge in [0.25, 0.3) is 5.56 Å². The Bertz CT molecular complexity index is 907. The van der Waals surface area contributed by atoms with E-state index >= 15 is 0 Å². The average molecular weight is 263 g/mol. The van der Waals surface area contributed by atoms with Gasteiger partial charge in [0, 0.05) is 11.8 Å². The molecule has 5 heteroatoms. The van der Waals surface area contributed by atoms with Gasteiger partial charge in [0.2, 0.25) is 0 Å². The van der Waals surface area contributed by atoms with E-state index in [2.05, 4.69) is 4.98 Å². The molecule has 0 atom stereocenters. The SMILES string of the molecule is N#Cc1c(-c2ccccc2O)nc2ccccn2c1=O. The van der Waals surface area contributed by atoms with Gasteiger partial charge in [0.15, 0.2) is 0 Å². The van der Waals surface area contributed by atoms with E-state index in [0.29, 0.717) is 11.2 Å². The molecule has 0 fully saturated rings. The lowest BCUT2D eigenvalue weighted by atomic mass is 10.1. The molecule has 2 heterocycles. The second kappa shape index (κ2) is 4.52. The number of rotatable bonds is 1. The summed E-state index contributed by atoms with van der Waals surface area (Å²) >= 11 is 0. The highest BCUT2D eigenvalue weighted by Crippen LogP contribution is 2.28. The minimum Gasteiger partial charge on any atom is -0.507 e. The smallest absolute Gasteiger partial charge is 0.276 e. The fourth-order valence-electron chi connectivity index (χ4n) is 2.06.